The van der Waals surface area contributed by atoms with Gasteiger partial charge in [0, 0.05) is 5.92 Å². The SMILES string of the molecule is CC(=O)[C@@H]1CC[C@H]2[C@@H]3C[C@H](C)C4=CC(=O)C(O)=C(O)[C@]4(C)[C@H]3CC[C@]12C. The smallest absolute Gasteiger partial charge is 0.223 e. The number of carbonyl (C=O) groups excluding carboxylic acids is 2. The number of fused-ring (bicyclic) bond motifs is 5. The quantitative estimate of drug-likeness (QED) is 0.723. The molecule has 0 bridgehead atoms. The van der Waals surface area contributed by atoms with Crippen LogP contribution in [-0.4, -0.2) is 21.8 Å². The Bertz CT molecular complexity index is 747. The molecule has 0 spiro atoms. The molecule has 4 aliphatic rings. The molecule has 4 aliphatic carbocycles. The van der Waals surface area contributed by atoms with Gasteiger partial charge in [0.2, 0.25) is 11.5 Å². The Balaban J connectivity index is 1.78. The molecule has 3 fully saturated rings. The highest BCUT2D eigenvalue weighted by Crippen LogP contribution is 2.67. The first-order valence-electron chi connectivity index (χ1n) is 10.0. The lowest BCUT2D eigenvalue weighted by Gasteiger charge is -2.58. The molecule has 4 rings (SSSR count). The number of Topliss-reactive ketones (excluding diaryl/α,β-unsaturated/α-hetero) is 1. The summed E-state index contributed by atoms with van der Waals surface area (Å²) in [5.74, 6) is 0.673. The Labute approximate surface area is 155 Å². The van der Waals surface area contributed by atoms with Crippen LogP contribution in [-0.2, 0) is 9.59 Å². The summed E-state index contributed by atoms with van der Waals surface area (Å²) >= 11 is 0. The second-order valence-corrected chi connectivity index (χ2v) is 9.66. The summed E-state index contributed by atoms with van der Waals surface area (Å²) in [6, 6.07) is 0. The molecule has 0 unspecified atom stereocenters. The summed E-state index contributed by atoms with van der Waals surface area (Å²) in [6.45, 7) is 8.16. The lowest BCUT2D eigenvalue weighted by molar-refractivity contribution is -0.128. The third-order valence-corrected chi connectivity index (χ3v) is 8.66. The average molecular weight is 358 g/mol. The molecule has 0 saturated heterocycles. The van der Waals surface area contributed by atoms with Crippen molar-refractivity contribution in [1.29, 1.82) is 0 Å². The van der Waals surface area contributed by atoms with Gasteiger partial charge < -0.3 is 10.2 Å². The van der Waals surface area contributed by atoms with Gasteiger partial charge in [-0.15, -0.1) is 0 Å². The van der Waals surface area contributed by atoms with Gasteiger partial charge in [0.1, 0.15) is 11.5 Å². The Morgan fingerprint density at radius 2 is 1.85 bits per heavy atom. The van der Waals surface area contributed by atoms with E-state index in [0.29, 0.717) is 17.6 Å². The van der Waals surface area contributed by atoms with E-state index >= 15 is 0 Å². The van der Waals surface area contributed by atoms with Crippen molar-refractivity contribution >= 4 is 11.6 Å². The molecule has 0 radical (unpaired) electrons. The molecule has 142 valence electrons. The fourth-order valence-corrected chi connectivity index (χ4v) is 7.44. The first-order valence-corrected chi connectivity index (χ1v) is 10.0. The van der Waals surface area contributed by atoms with Crippen LogP contribution < -0.4 is 0 Å². The van der Waals surface area contributed by atoms with Gasteiger partial charge in [-0.2, -0.15) is 0 Å². The Morgan fingerprint density at radius 3 is 2.50 bits per heavy atom. The molecule has 0 aliphatic heterocycles. The second kappa shape index (κ2) is 5.46. The Morgan fingerprint density at radius 1 is 1.15 bits per heavy atom. The molecule has 0 aromatic heterocycles. The summed E-state index contributed by atoms with van der Waals surface area (Å²) in [6.07, 6.45) is 6.50. The zero-order valence-electron chi connectivity index (χ0n) is 16.2. The minimum Gasteiger partial charge on any atom is -0.507 e. The van der Waals surface area contributed by atoms with Crippen LogP contribution in [0.1, 0.15) is 59.8 Å². The van der Waals surface area contributed by atoms with E-state index in [0.717, 1.165) is 37.7 Å². The molecular weight excluding hydrogens is 328 g/mol. The maximum atomic E-state index is 12.2. The molecular formula is C22H30O4. The number of hydrogen-bond acceptors (Lipinski definition) is 4. The normalized spacial score (nSPS) is 47.8. The van der Waals surface area contributed by atoms with Gasteiger partial charge in [0.25, 0.3) is 0 Å². The number of aliphatic hydroxyl groups is 2. The molecule has 4 nitrogen and oxygen atoms in total. The van der Waals surface area contributed by atoms with E-state index in [1.807, 2.05) is 6.92 Å². The molecule has 26 heavy (non-hydrogen) atoms. The lowest BCUT2D eigenvalue weighted by atomic mass is 9.45. The van der Waals surface area contributed by atoms with Crippen LogP contribution in [0.5, 0.6) is 0 Å². The minimum absolute atomic E-state index is 0.0517. The molecule has 0 amide bonds. The zero-order chi connectivity index (χ0) is 19.0. The van der Waals surface area contributed by atoms with Crippen molar-refractivity contribution in [3.05, 3.63) is 23.2 Å². The number of carbonyl (C=O) groups is 2. The summed E-state index contributed by atoms with van der Waals surface area (Å²) < 4.78 is 0. The van der Waals surface area contributed by atoms with E-state index < -0.39 is 17.0 Å². The topological polar surface area (TPSA) is 74.6 Å². The van der Waals surface area contributed by atoms with Gasteiger partial charge in [-0.25, -0.2) is 0 Å². The van der Waals surface area contributed by atoms with Crippen LogP contribution in [0.4, 0.5) is 0 Å². The second-order valence-electron chi connectivity index (χ2n) is 9.66. The van der Waals surface area contributed by atoms with Gasteiger partial charge in [-0.3, -0.25) is 9.59 Å². The maximum absolute atomic E-state index is 12.2. The minimum atomic E-state index is -0.657. The standard InChI is InChI=1S/C22H30O4/c1-11-9-13-15-6-5-14(12(2)23)21(15,3)8-7-16(13)22(4)17(11)10-18(24)19(25)20(22)26/h10-11,13-16,25-26H,5-9H2,1-4H3/t11-,13-,14-,15-,16-,21+,22+/m0/s1. The molecule has 3 saturated carbocycles. The van der Waals surface area contributed by atoms with Crippen LogP contribution in [0.25, 0.3) is 0 Å². The number of aliphatic hydroxyl groups excluding tert-OH is 2. The van der Waals surface area contributed by atoms with Crippen LogP contribution in [0.2, 0.25) is 0 Å². The van der Waals surface area contributed by atoms with E-state index in [9.17, 15) is 19.8 Å². The molecule has 2 N–H and O–H groups in total. The van der Waals surface area contributed by atoms with Crippen LogP contribution >= 0.6 is 0 Å². The zero-order valence-corrected chi connectivity index (χ0v) is 16.2. The van der Waals surface area contributed by atoms with Crippen molar-refractivity contribution in [3.8, 4) is 0 Å². The highest BCUT2D eigenvalue weighted by Gasteiger charge is 2.62. The predicted molar refractivity (Wildman–Crippen MR) is 98.5 cm³/mol. The fraction of sp³-hybridized carbons (Fsp3) is 0.727. The molecule has 0 aromatic carbocycles. The summed E-state index contributed by atoms with van der Waals surface area (Å²) in [7, 11) is 0. The summed E-state index contributed by atoms with van der Waals surface area (Å²) in [5, 5.41) is 21.0. The van der Waals surface area contributed by atoms with E-state index in [2.05, 4.69) is 13.8 Å². The number of hydrogen-bond donors (Lipinski definition) is 2. The van der Waals surface area contributed by atoms with E-state index in [1.165, 1.54) is 0 Å². The number of rotatable bonds is 1. The Kier molecular flexibility index (Phi) is 3.74. The highest BCUT2D eigenvalue weighted by atomic mass is 16.3. The van der Waals surface area contributed by atoms with Crippen molar-refractivity contribution in [1.82, 2.24) is 0 Å². The first-order chi connectivity index (χ1) is 12.1. The molecule has 7 atom stereocenters. The summed E-state index contributed by atoms with van der Waals surface area (Å²) in [5.41, 5.74) is 0.371. The van der Waals surface area contributed by atoms with Crippen LogP contribution in [0.3, 0.4) is 0 Å². The summed E-state index contributed by atoms with van der Waals surface area (Å²) in [4.78, 5) is 24.3. The van der Waals surface area contributed by atoms with Crippen molar-refractivity contribution in [2.75, 3.05) is 0 Å². The largest absolute Gasteiger partial charge is 0.507 e. The fourth-order valence-electron chi connectivity index (χ4n) is 7.44. The predicted octanol–water partition coefficient (Wildman–Crippen LogP) is 4.52. The third-order valence-electron chi connectivity index (χ3n) is 8.66. The maximum Gasteiger partial charge on any atom is 0.223 e. The van der Waals surface area contributed by atoms with E-state index in [4.69, 9.17) is 0 Å². The number of ketones is 2. The monoisotopic (exact) mass is 358 g/mol. The van der Waals surface area contributed by atoms with Crippen LogP contribution in [0, 0.1) is 40.4 Å². The molecule has 4 heteroatoms. The van der Waals surface area contributed by atoms with Gasteiger partial charge in [0.15, 0.2) is 0 Å². The van der Waals surface area contributed by atoms with E-state index in [1.54, 1.807) is 13.0 Å². The lowest BCUT2D eigenvalue weighted by Crippen LogP contribution is -2.53. The Hall–Kier alpha value is -1.58. The third kappa shape index (κ3) is 2.02. The van der Waals surface area contributed by atoms with Crippen molar-refractivity contribution in [2.45, 2.75) is 59.8 Å². The van der Waals surface area contributed by atoms with Crippen molar-refractivity contribution in [3.63, 3.8) is 0 Å². The highest BCUT2D eigenvalue weighted by molar-refractivity contribution is 6.04. The average Bonchev–Trinajstić information content (AvgIpc) is 2.93. The van der Waals surface area contributed by atoms with Gasteiger partial charge in [0.05, 0.1) is 5.41 Å². The van der Waals surface area contributed by atoms with E-state index in [-0.39, 0.29) is 28.9 Å². The van der Waals surface area contributed by atoms with Gasteiger partial charge in [-0.05, 0) is 86.7 Å². The number of allylic oxidation sites excluding steroid dienone is 2. The molecule has 0 heterocycles. The first kappa shape index (κ1) is 17.8. The van der Waals surface area contributed by atoms with Crippen molar-refractivity contribution in [2.24, 2.45) is 40.4 Å². The van der Waals surface area contributed by atoms with Crippen molar-refractivity contribution < 1.29 is 19.8 Å². The molecule has 0 aromatic rings. The van der Waals surface area contributed by atoms with Gasteiger partial charge in [-0.1, -0.05) is 13.8 Å². The van der Waals surface area contributed by atoms with Gasteiger partial charge >= 0.3 is 0 Å². The van der Waals surface area contributed by atoms with Crippen LogP contribution in [0.15, 0.2) is 23.2 Å².